The standard InChI is InChI=1S/C17H22O2/c18-16-3-1-2-14(9-16)17(19)10-13-5-11-4-12(6-13)8-15(17)7-11/h1-3,9,11-13,15,18-19H,4-8,10H2/t11-,12+,13?,15?,17?. The highest BCUT2D eigenvalue weighted by molar-refractivity contribution is 5.32. The quantitative estimate of drug-likeness (QED) is 0.810. The summed E-state index contributed by atoms with van der Waals surface area (Å²) >= 11 is 0. The molecule has 5 atom stereocenters. The van der Waals surface area contributed by atoms with Crippen LogP contribution in [0.3, 0.4) is 0 Å². The summed E-state index contributed by atoms with van der Waals surface area (Å²) in [6.45, 7) is 0. The number of phenolic OH excluding ortho intramolecular Hbond substituents is 1. The van der Waals surface area contributed by atoms with Crippen LogP contribution in [-0.4, -0.2) is 10.2 Å². The maximum Gasteiger partial charge on any atom is 0.115 e. The highest BCUT2D eigenvalue weighted by atomic mass is 16.3. The molecule has 4 aliphatic rings. The monoisotopic (exact) mass is 258 g/mol. The first-order valence-electron chi connectivity index (χ1n) is 7.65. The number of hydrogen-bond donors (Lipinski definition) is 2. The van der Waals surface area contributed by atoms with Gasteiger partial charge >= 0.3 is 0 Å². The molecule has 19 heavy (non-hydrogen) atoms. The zero-order valence-corrected chi connectivity index (χ0v) is 11.3. The number of aliphatic hydroxyl groups is 1. The van der Waals surface area contributed by atoms with Crippen LogP contribution in [0.25, 0.3) is 0 Å². The number of rotatable bonds is 1. The number of hydrogen-bond acceptors (Lipinski definition) is 2. The number of aromatic hydroxyl groups is 1. The molecule has 102 valence electrons. The van der Waals surface area contributed by atoms with Crippen LogP contribution >= 0.6 is 0 Å². The molecule has 4 fully saturated rings. The van der Waals surface area contributed by atoms with E-state index in [1.165, 1.54) is 32.1 Å². The van der Waals surface area contributed by atoms with Gasteiger partial charge in [0.05, 0.1) is 5.60 Å². The van der Waals surface area contributed by atoms with Crippen LogP contribution in [0.15, 0.2) is 24.3 Å². The van der Waals surface area contributed by atoms with Crippen molar-refractivity contribution in [3.8, 4) is 5.75 Å². The van der Waals surface area contributed by atoms with Crippen molar-refractivity contribution in [3.05, 3.63) is 29.8 Å². The Labute approximate surface area is 114 Å². The van der Waals surface area contributed by atoms with Gasteiger partial charge in [0.1, 0.15) is 5.75 Å². The van der Waals surface area contributed by atoms with E-state index in [0.717, 1.165) is 23.8 Å². The molecule has 0 spiro atoms. The second kappa shape index (κ2) is 3.99. The van der Waals surface area contributed by atoms with E-state index in [-0.39, 0.29) is 5.75 Å². The molecule has 4 saturated carbocycles. The van der Waals surface area contributed by atoms with E-state index >= 15 is 0 Å². The summed E-state index contributed by atoms with van der Waals surface area (Å²) in [5, 5.41) is 21.1. The molecule has 0 radical (unpaired) electrons. The van der Waals surface area contributed by atoms with Crippen LogP contribution in [-0.2, 0) is 5.60 Å². The van der Waals surface area contributed by atoms with Crippen molar-refractivity contribution in [2.24, 2.45) is 23.7 Å². The first-order valence-corrected chi connectivity index (χ1v) is 7.65. The maximum atomic E-state index is 11.3. The van der Waals surface area contributed by atoms with Crippen LogP contribution in [0.5, 0.6) is 5.75 Å². The van der Waals surface area contributed by atoms with Crippen LogP contribution in [0.2, 0.25) is 0 Å². The second-order valence-electron chi connectivity index (χ2n) is 7.15. The molecule has 4 aliphatic carbocycles. The predicted octanol–water partition coefficient (Wildman–Crippen LogP) is 3.43. The summed E-state index contributed by atoms with van der Waals surface area (Å²) in [6, 6.07) is 7.31. The normalized spacial score (nSPS) is 44.3. The van der Waals surface area contributed by atoms with Crippen molar-refractivity contribution in [1.29, 1.82) is 0 Å². The van der Waals surface area contributed by atoms with Gasteiger partial charge in [-0.3, -0.25) is 0 Å². The molecule has 2 nitrogen and oxygen atoms in total. The van der Waals surface area contributed by atoms with Gasteiger partial charge in [-0.15, -0.1) is 0 Å². The third kappa shape index (κ3) is 1.80. The summed E-state index contributed by atoms with van der Waals surface area (Å²) in [5.74, 6) is 3.03. The molecule has 0 aliphatic heterocycles. The van der Waals surface area contributed by atoms with Crippen molar-refractivity contribution in [2.75, 3.05) is 0 Å². The average Bonchev–Trinajstić information content (AvgIpc) is 2.52. The van der Waals surface area contributed by atoms with Crippen LogP contribution in [0.4, 0.5) is 0 Å². The van der Waals surface area contributed by atoms with Crippen LogP contribution in [0.1, 0.15) is 44.1 Å². The molecule has 1 aromatic carbocycles. The average molecular weight is 258 g/mol. The van der Waals surface area contributed by atoms with E-state index in [2.05, 4.69) is 0 Å². The highest BCUT2D eigenvalue weighted by Gasteiger charge is 2.51. The first kappa shape index (κ1) is 11.8. The second-order valence-corrected chi connectivity index (χ2v) is 7.15. The largest absolute Gasteiger partial charge is 0.508 e. The Balaban J connectivity index is 1.77. The summed E-state index contributed by atoms with van der Waals surface area (Å²) in [4.78, 5) is 0. The van der Waals surface area contributed by atoms with Gasteiger partial charge < -0.3 is 10.2 Å². The van der Waals surface area contributed by atoms with E-state index in [9.17, 15) is 10.2 Å². The van der Waals surface area contributed by atoms with Crippen molar-refractivity contribution in [2.45, 2.75) is 44.1 Å². The van der Waals surface area contributed by atoms with E-state index in [1.807, 2.05) is 12.1 Å². The molecule has 1 aromatic rings. The number of benzene rings is 1. The Morgan fingerprint density at radius 2 is 1.63 bits per heavy atom. The Bertz CT molecular complexity index is 484. The molecular formula is C17H22O2. The lowest BCUT2D eigenvalue weighted by Gasteiger charge is -2.41. The van der Waals surface area contributed by atoms with Gasteiger partial charge in [-0.05, 0) is 79.9 Å². The lowest BCUT2D eigenvalue weighted by molar-refractivity contribution is -0.0449. The van der Waals surface area contributed by atoms with Crippen molar-refractivity contribution < 1.29 is 10.2 Å². The minimum absolute atomic E-state index is 0.273. The van der Waals surface area contributed by atoms with Gasteiger partial charge in [0.2, 0.25) is 0 Å². The molecule has 0 saturated heterocycles. The molecule has 2 N–H and O–H groups in total. The van der Waals surface area contributed by atoms with Crippen molar-refractivity contribution in [3.63, 3.8) is 0 Å². The minimum atomic E-state index is -0.701. The zero-order valence-electron chi connectivity index (χ0n) is 11.3. The lowest BCUT2D eigenvalue weighted by atomic mass is 9.66. The minimum Gasteiger partial charge on any atom is -0.508 e. The SMILES string of the molecule is Oc1cccc(C2(O)CC3C[C@@H]4CC2C[C@H](C3)C4)c1. The molecule has 0 heterocycles. The summed E-state index contributed by atoms with van der Waals surface area (Å²) in [6.07, 6.45) is 7.28. The zero-order chi connectivity index (χ0) is 13.0. The van der Waals surface area contributed by atoms with Gasteiger partial charge in [-0.2, -0.15) is 0 Å². The third-order valence-electron chi connectivity index (χ3n) is 5.86. The topological polar surface area (TPSA) is 40.5 Å². The lowest BCUT2D eigenvalue weighted by Crippen LogP contribution is -2.37. The van der Waals surface area contributed by atoms with Gasteiger partial charge in [-0.25, -0.2) is 0 Å². The highest BCUT2D eigenvalue weighted by Crippen LogP contribution is 2.57. The number of fused-ring (bicyclic) bond motifs is 1. The fourth-order valence-electron chi connectivity index (χ4n) is 5.28. The van der Waals surface area contributed by atoms with Crippen LogP contribution < -0.4 is 0 Å². The number of phenols is 1. The third-order valence-corrected chi connectivity index (χ3v) is 5.86. The van der Waals surface area contributed by atoms with Crippen molar-refractivity contribution in [1.82, 2.24) is 0 Å². The van der Waals surface area contributed by atoms with E-state index < -0.39 is 5.60 Å². The van der Waals surface area contributed by atoms with Gasteiger partial charge in [0.25, 0.3) is 0 Å². The van der Waals surface area contributed by atoms with Crippen molar-refractivity contribution >= 4 is 0 Å². The van der Waals surface area contributed by atoms with Gasteiger partial charge in [0, 0.05) is 0 Å². The summed E-state index contributed by atoms with van der Waals surface area (Å²) < 4.78 is 0. The molecule has 0 amide bonds. The summed E-state index contributed by atoms with van der Waals surface area (Å²) in [5.41, 5.74) is 0.235. The molecule has 2 heteroatoms. The summed E-state index contributed by atoms with van der Waals surface area (Å²) in [7, 11) is 0. The van der Waals surface area contributed by atoms with E-state index in [1.54, 1.807) is 12.1 Å². The first-order chi connectivity index (χ1) is 9.13. The van der Waals surface area contributed by atoms with Gasteiger partial charge in [-0.1, -0.05) is 12.1 Å². The Kier molecular flexibility index (Phi) is 2.47. The molecule has 5 rings (SSSR count). The molecule has 4 bridgehead atoms. The Hall–Kier alpha value is -1.02. The smallest absolute Gasteiger partial charge is 0.115 e. The fourth-order valence-corrected chi connectivity index (χ4v) is 5.28. The predicted molar refractivity (Wildman–Crippen MR) is 73.7 cm³/mol. The maximum absolute atomic E-state index is 11.3. The Morgan fingerprint density at radius 3 is 2.32 bits per heavy atom. The molecular weight excluding hydrogens is 236 g/mol. The van der Waals surface area contributed by atoms with Gasteiger partial charge in [0.15, 0.2) is 0 Å². The van der Waals surface area contributed by atoms with Crippen LogP contribution in [0, 0.1) is 23.7 Å². The molecule has 0 aromatic heterocycles. The van der Waals surface area contributed by atoms with E-state index in [4.69, 9.17) is 0 Å². The van der Waals surface area contributed by atoms with E-state index in [0.29, 0.717) is 11.8 Å². The Morgan fingerprint density at radius 1 is 0.947 bits per heavy atom. The molecule has 3 unspecified atom stereocenters. The fraction of sp³-hybridized carbons (Fsp3) is 0.647.